The van der Waals surface area contributed by atoms with Crippen LogP contribution in [0.4, 0.5) is 43.9 Å². The molecule has 0 aliphatic rings. The van der Waals surface area contributed by atoms with Gasteiger partial charge in [-0.1, -0.05) is 53.4 Å². The van der Waals surface area contributed by atoms with Crippen molar-refractivity contribution >= 4 is 20.0 Å². The summed E-state index contributed by atoms with van der Waals surface area (Å²) in [5.74, 6) is 0. The summed E-state index contributed by atoms with van der Waals surface area (Å²) < 4.78 is 162. The Balaban J connectivity index is 0. The lowest BCUT2D eigenvalue weighted by Gasteiger charge is -2.39. The number of hydrogen-bond acceptors (Lipinski definition) is 4. The molecule has 0 saturated heterocycles. The maximum absolute atomic E-state index is 12.3. The van der Waals surface area contributed by atoms with E-state index in [-0.39, 0.29) is 0 Å². The quantitative estimate of drug-likeness (QED) is 0.133. The highest BCUT2D eigenvalue weighted by atomic mass is 32.3. The Labute approximate surface area is 217 Å². The van der Waals surface area contributed by atoms with Gasteiger partial charge in [0.2, 0.25) is 0 Å². The number of rotatable bonds is 16. The second-order valence-corrected chi connectivity index (χ2v) is 12.2. The molecule has 0 atom stereocenters. The molecule has 0 N–H and O–H groups in total. The van der Waals surface area contributed by atoms with Gasteiger partial charge < -0.3 is 8.61 Å². The van der Waals surface area contributed by atoms with E-state index in [1.807, 2.05) is 0 Å². The van der Waals surface area contributed by atoms with E-state index < -0.39 is 42.9 Å². The molecule has 0 aliphatic heterocycles. The normalized spacial score (nSPS) is 14.3. The number of unbranched alkanes of at least 4 members (excludes halogenated alkanes) is 4. The zero-order valence-corrected chi connectivity index (χ0v) is 23.2. The molecule has 6 nitrogen and oxygen atoms in total. The van der Waals surface area contributed by atoms with Crippen molar-refractivity contribution in [1.82, 2.24) is 0 Å². The van der Waals surface area contributed by atoms with E-state index in [0.717, 1.165) is 0 Å². The third-order valence-corrected chi connectivity index (χ3v) is 8.78. The van der Waals surface area contributed by atoms with Gasteiger partial charge in [-0.25, -0.2) is 16.8 Å². The van der Waals surface area contributed by atoms with E-state index in [9.17, 15) is 60.7 Å². The van der Waals surface area contributed by atoms with Gasteiger partial charge in [-0.2, -0.15) is 43.9 Å². The Morgan fingerprint density at radius 3 is 0.868 bits per heavy atom. The largest absolute Gasteiger partial charge is 0.467 e. The first kappa shape index (κ1) is 39.3. The summed E-state index contributed by atoms with van der Waals surface area (Å²) in [6, 6.07) is 0. The van der Waals surface area contributed by atoms with Gasteiger partial charge >= 0.3 is 22.9 Å². The molecule has 0 aliphatic carbocycles. The van der Waals surface area contributed by atoms with Crippen LogP contribution >= 0.6 is 0 Å². The van der Waals surface area contributed by atoms with E-state index in [1.54, 1.807) is 0 Å². The van der Waals surface area contributed by atoms with E-state index in [2.05, 4.69) is 27.7 Å². The molecule has 0 aromatic rings. The van der Waals surface area contributed by atoms with Crippen molar-refractivity contribution in [3.8, 4) is 0 Å². The Kier molecular flexibility index (Phi) is 15.7. The van der Waals surface area contributed by atoms with Crippen molar-refractivity contribution in [2.45, 2.75) is 102 Å². The molecule has 0 bridgehead atoms. The molecule has 232 valence electrons. The van der Waals surface area contributed by atoms with Crippen LogP contribution in [-0.4, -0.2) is 70.4 Å². The lowest BCUT2D eigenvalue weighted by molar-refractivity contribution is -0.929. The lowest BCUT2D eigenvalue weighted by atomic mass is 10.1. The first-order chi connectivity index (χ1) is 16.9. The van der Waals surface area contributed by atoms with Crippen LogP contribution in [0.3, 0.4) is 0 Å². The summed E-state index contributed by atoms with van der Waals surface area (Å²) in [6.45, 7) is 15.0. The Morgan fingerprint density at radius 1 is 0.500 bits per heavy atom. The number of halogens is 10. The van der Waals surface area contributed by atoms with Crippen LogP contribution < -0.4 is 0 Å². The summed E-state index contributed by atoms with van der Waals surface area (Å²) >= 11 is 0. The third kappa shape index (κ3) is 10.9. The zero-order valence-electron chi connectivity index (χ0n) is 21.6. The minimum Gasteiger partial charge on any atom is -0.425 e. The second-order valence-electron chi connectivity index (χ2n) is 8.70. The van der Waals surface area contributed by atoms with Crippen LogP contribution in [0.5, 0.6) is 0 Å². The molecule has 0 aromatic carbocycles. The van der Waals surface area contributed by atoms with Gasteiger partial charge in [-0.05, 0) is 25.7 Å². The molecule has 0 radical (unpaired) electrons. The Bertz CT molecular complexity index is 799. The van der Waals surface area contributed by atoms with Gasteiger partial charge in [0, 0.05) is 0 Å². The molecule has 0 aromatic heterocycles. The van der Waals surface area contributed by atoms with Crippen LogP contribution in [0.25, 0.3) is 4.13 Å². The number of nitrogens with zero attached hydrogens (tertiary/aromatic N) is 2. The predicted molar refractivity (Wildman–Crippen MR) is 123 cm³/mol. The molecule has 0 heterocycles. The van der Waals surface area contributed by atoms with E-state index in [1.165, 1.54) is 82.0 Å². The molecular weight excluding hydrogens is 586 g/mol. The van der Waals surface area contributed by atoms with Gasteiger partial charge in [0.25, 0.3) is 0 Å². The fourth-order valence-electron chi connectivity index (χ4n) is 3.16. The lowest BCUT2D eigenvalue weighted by Crippen LogP contribution is -2.50. The number of alkyl halides is 10. The third-order valence-electron chi connectivity index (χ3n) is 5.45. The van der Waals surface area contributed by atoms with Crippen LogP contribution in [0, 0.1) is 0 Å². The molecule has 18 heteroatoms. The number of hydrogen-bond donors (Lipinski definition) is 0. The fraction of sp³-hybridized carbons (Fsp3) is 1.00. The van der Waals surface area contributed by atoms with E-state index >= 15 is 0 Å². The highest BCUT2D eigenvalue weighted by Gasteiger charge is 2.68. The SMILES string of the molecule is CCCC[N+](CCCC)(CCCC)CCCC.O=S(=O)([N-]S(=O)(=O)C(F)(F)C(F)(F)F)C(F)(F)C(F)(F)F. The molecule has 0 unspecified atom stereocenters. The van der Waals surface area contributed by atoms with Crippen molar-refractivity contribution in [1.29, 1.82) is 0 Å². The van der Waals surface area contributed by atoms with Crippen molar-refractivity contribution in [3.05, 3.63) is 4.13 Å². The molecule has 0 fully saturated rings. The van der Waals surface area contributed by atoms with E-state index in [0.29, 0.717) is 4.13 Å². The topological polar surface area (TPSA) is 82.4 Å². The van der Waals surface area contributed by atoms with Gasteiger partial charge in [0.05, 0.1) is 26.2 Å². The van der Waals surface area contributed by atoms with E-state index in [4.69, 9.17) is 0 Å². The van der Waals surface area contributed by atoms with Gasteiger partial charge in [0.15, 0.2) is 20.0 Å². The average molecular weight is 623 g/mol. The molecule has 0 amide bonds. The minimum atomic E-state index is -7.62. The van der Waals surface area contributed by atoms with Crippen molar-refractivity contribution in [2.75, 3.05) is 26.2 Å². The standard InChI is InChI=1S/C16H36N.C4F10NO4S2/c1-5-9-13-17(14-10-6-2,15-11-7-3)16-12-8-4;5-1(6,7)3(11,12)20(16,17)15-21(18,19)4(13,14)2(8,9)10/h5-16H2,1-4H3;/q+1;-1. The Morgan fingerprint density at radius 2 is 0.711 bits per heavy atom. The summed E-state index contributed by atoms with van der Waals surface area (Å²) in [5, 5.41) is -14.0. The van der Waals surface area contributed by atoms with Crippen LogP contribution in [0.1, 0.15) is 79.1 Å². The summed E-state index contributed by atoms with van der Waals surface area (Å²) in [7, 11) is -15.2. The maximum Gasteiger partial charge on any atom is 0.467 e. The second kappa shape index (κ2) is 15.2. The highest BCUT2D eigenvalue weighted by Crippen LogP contribution is 2.47. The first-order valence-electron chi connectivity index (χ1n) is 11.9. The molecule has 0 spiro atoms. The molecule has 0 rings (SSSR count). The van der Waals surface area contributed by atoms with Gasteiger partial charge in [-0.3, -0.25) is 0 Å². The van der Waals surface area contributed by atoms with Crippen LogP contribution in [0.15, 0.2) is 0 Å². The summed E-state index contributed by atoms with van der Waals surface area (Å²) in [4.78, 5) is 0. The smallest absolute Gasteiger partial charge is 0.425 e. The highest BCUT2D eigenvalue weighted by molar-refractivity contribution is 8.13. The summed E-state index contributed by atoms with van der Waals surface area (Å²) in [5.41, 5.74) is 0. The van der Waals surface area contributed by atoms with Crippen molar-refractivity contribution < 1.29 is 65.2 Å². The average Bonchev–Trinajstić information content (AvgIpc) is 2.76. The number of quaternary nitrogens is 1. The van der Waals surface area contributed by atoms with Gasteiger partial charge in [0.1, 0.15) is 0 Å². The zero-order chi connectivity index (χ0) is 30.7. The monoisotopic (exact) mass is 622 g/mol. The van der Waals surface area contributed by atoms with Crippen molar-refractivity contribution in [2.24, 2.45) is 0 Å². The van der Waals surface area contributed by atoms with Crippen molar-refractivity contribution in [3.63, 3.8) is 0 Å². The van der Waals surface area contributed by atoms with Crippen LogP contribution in [-0.2, 0) is 20.0 Å². The van der Waals surface area contributed by atoms with Crippen LogP contribution in [0.2, 0.25) is 0 Å². The molecular formula is C20H36F10N2O4S2. The first-order valence-corrected chi connectivity index (χ1v) is 14.8. The molecule has 0 saturated carbocycles. The summed E-state index contributed by atoms with van der Waals surface area (Å²) in [6.07, 6.45) is -2.94. The fourth-order valence-corrected chi connectivity index (χ4v) is 5.53. The predicted octanol–water partition coefficient (Wildman–Crippen LogP) is 7.33. The Hall–Kier alpha value is -0.880. The maximum atomic E-state index is 12.3. The molecule has 38 heavy (non-hydrogen) atoms. The van der Waals surface area contributed by atoms with Gasteiger partial charge in [-0.15, -0.1) is 0 Å². The number of sulfonamides is 2. The minimum absolute atomic E-state index is 0.422.